The summed E-state index contributed by atoms with van der Waals surface area (Å²) >= 11 is 0. The van der Waals surface area contributed by atoms with Crippen LogP contribution in [0, 0.1) is 11.8 Å². The van der Waals surface area contributed by atoms with E-state index in [-0.39, 0.29) is 17.7 Å². The maximum absolute atomic E-state index is 12.8. The molecule has 1 saturated carbocycles. The summed E-state index contributed by atoms with van der Waals surface area (Å²) in [6.07, 6.45) is 6.62. The van der Waals surface area contributed by atoms with Gasteiger partial charge in [0.05, 0.1) is 0 Å². The van der Waals surface area contributed by atoms with Crippen molar-refractivity contribution in [1.82, 2.24) is 20.0 Å². The Morgan fingerprint density at radius 1 is 1.23 bits per heavy atom. The molecule has 2 aliphatic rings. The zero-order valence-electron chi connectivity index (χ0n) is 14.9. The largest absolute Gasteiger partial charge is 0.342 e. The molecule has 0 bridgehead atoms. The molecule has 26 heavy (non-hydrogen) atoms. The van der Waals surface area contributed by atoms with Gasteiger partial charge in [-0.05, 0) is 50.3 Å². The summed E-state index contributed by atoms with van der Waals surface area (Å²) < 4.78 is 5.47. The predicted octanol–water partition coefficient (Wildman–Crippen LogP) is 2.21. The topological polar surface area (TPSA) is 98.1 Å². The van der Waals surface area contributed by atoms with Crippen LogP contribution in [0.3, 0.4) is 0 Å². The minimum Gasteiger partial charge on any atom is -0.342 e. The third-order valence-electron chi connectivity index (χ3n) is 5.77. The minimum absolute atomic E-state index is 0.121. The number of hydrogen-bond acceptors (Lipinski definition) is 6. The molecule has 138 valence electrons. The molecule has 2 N–H and O–H groups in total. The molecule has 4 rings (SSSR count). The first-order valence-electron chi connectivity index (χ1n) is 9.50. The van der Waals surface area contributed by atoms with Crippen LogP contribution in [0.4, 0.5) is 0 Å². The van der Waals surface area contributed by atoms with Gasteiger partial charge in [0.1, 0.15) is 5.69 Å². The fourth-order valence-electron chi connectivity index (χ4n) is 4.23. The van der Waals surface area contributed by atoms with Crippen LogP contribution in [0.25, 0.3) is 11.5 Å². The van der Waals surface area contributed by atoms with Crippen molar-refractivity contribution in [3.63, 3.8) is 0 Å². The van der Waals surface area contributed by atoms with Gasteiger partial charge in [0.25, 0.3) is 0 Å². The standard InChI is InChI=1S/C19H25N5O2/c20-12-14-4-3-5-15(14)19(25)24-10-7-13(8-11-24)18-22-17(23-26-18)16-6-1-2-9-21-16/h1-2,6,9,13-15H,3-5,7-8,10-12,20H2/t14-,15-/m1/s1. The lowest BCUT2D eigenvalue weighted by molar-refractivity contribution is -0.137. The number of nitrogens with two attached hydrogens (primary N) is 1. The van der Waals surface area contributed by atoms with E-state index in [1.165, 1.54) is 0 Å². The molecule has 0 spiro atoms. The number of likely N-dealkylation sites (tertiary alicyclic amines) is 1. The highest BCUT2D eigenvalue weighted by atomic mass is 16.5. The number of piperidine rings is 1. The van der Waals surface area contributed by atoms with E-state index >= 15 is 0 Å². The molecular formula is C19H25N5O2. The van der Waals surface area contributed by atoms with Crippen LogP contribution >= 0.6 is 0 Å². The van der Waals surface area contributed by atoms with Crippen molar-refractivity contribution in [3.05, 3.63) is 30.3 Å². The first kappa shape index (κ1) is 17.1. The highest BCUT2D eigenvalue weighted by Gasteiger charge is 2.36. The van der Waals surface area contributed by atoms with Crippen LogP contribution in [0.5, 0.6) is 0 Å². The van der Waals surface area contributed by atoms with Crippen molar-refractivity contribution in [2.75, 3.05) is 19.6 Å². The molecule has 1 saturated heterocycles. The number of hydrogen-bond donors (Lipinski definition) is 1. The summed E-state index contributed by atoms with van der Waals surface area (Å²) in [4.78, 5) is 23.6. The highest BCUT2D eigenvalue weighted by molar-refractivity contribution is 5.79. The molecule has 2 aromatic rings. The van der Waals surface area contributed by atoms with Gasteiger partial charge < -0.3 is 15.2 Å². The minimum atomic E-state index is 0.121. The lowest BCUT2D eigenvalue weighted by atomic mass is 9.91. The molecule has 0 radical (unpaired) electrons. The summed E-state index contributed by atoms with van der Waals surface area (Å²) in [6.45, 7) is 2.11. The van der Waals surface area contributed by atoms with E-state index in [0.29, 0.717) is 29.9 Å². The lowest BCUT2D eigenvalue weighted by Crippen LogP contribution is -2.43. The van der Waals surface area contributed by atoms with Crippen molar-refractivity contribution < 1.29 is 9.32 Å². The summed E-state index contributed by atoms with van der Waals surface area (Å²) in [5.41, 5.74) is 6.55. The molecule has 2 atom stereocenters. The zero-order valence-corrected chi connectivity index (χ0v) is 14.9. The van der Waals surface area contributed by atoms with Crippen LogP contribution in [0.15, 0.2) is 28.9 Å². The molecule has 1 aliphatic carbocycles. The highest BCUT2D eigenvalue weighted by Crippen LogP contribution is 2.34. The van der Waals surface area contributed by atoms with E-state index in [1.54, 1.807) is 6.20 Å². The zero-order chi connectivity index (χ0) is 17.9. The SMILES string of the molecule is NC[C@H]1CCC[C@H]1C(=O)N1CCC(c2nc(-c3ccccn3)no2)CC1. The van der Waals surface area contributed by atoms with Crippen molar-refractivity contribution in [2.24, 2.45) is 17.6 Å². The second kappa shape index (κ2) is 7.53. The van der Waals surface area contributed by atoms with Crippen LogP contribution in [0.2, 0.25) is 0 Å². The first-order chi connectivity index (χ1) is 12.8. The Morgan fingerprint density at radius 3 is 2.81 bits per heavy atom. The van der Waals surface area contributed by atoms with Gasteiger partial charge in [-0.15, -0.1) is 0 Å². The number of aromatic nitrogens is 3. The van der Waals surface area contributed by atoms with E-state index < -0.39 is 0 Å². The van der Waals surface area contributed by atoms with Crippen LogP contribution in [0.1, 0.15) is 43.9 Å². The molecule has 7 heteroatoms. The summed E-state index contributed by atoms with van der Waals surface area (Å²) in [7, 11) is 0. The van der Waals surface area contributed by atoms with Gasteiger partial charge in [0.2, 0.25) is 17.6 Å². The van der Waals surface area contributed by atoms with Crippen LogP contribution in [-0.4, -0.2) is 45.6 Å². The van der Waals surface area contributed by atoms with E-state index in [1.807, 2.05) is 23.1 Å². The number of rotatable bonds is 4. The summed E-state index contributed by atoms with van der Waals surface area (Å²) in [5, 5.41) is 4.06. The fraction of sp³-hybridized carbons (Fsp3) is 0.579. The molecule has 7 nitrogen and oxygen atoms in total. The van der Waals surface area contributed by atoms with Crippen LogP contribution < -0.4 is 5.73 Å². The fourth-order valence-corrected chi connectivity index (χ4v) is 4.23. The molecule has 0 unspecified atom stereocenters. The van der Waals surface area contributed by atoms with Gasteiger partial charge in [-0.2, -0.15) is 4.98 Å². The Morgan fingerprint density at radius 2 is 2.08 bits per heavy atom. The average molecular weight is 355 g/mol. The first-order valence-corrected chi connectivity index (χ1v) is 9.50. The van der Waals surface area contributed by atoms with Crippen molar-refractivity contribution in [2.45, 2.75) is 38.0 Å². The van der Waals surface area contributed by atoms with Gasteiger partial charge in [0.15, 0.2) is 0 Å². The summed E-state index contributed by atoms with van der Waals surface area (Å²) in [6, 6.07) is 5.63. The number of carbonyl (C=O) groups is 1. The van der Waals surface area contributed by atoms with Crippen molar-refractivity contribution in [3.8, 4) is 11.5 Å². The molecule has 1 aliphatic heterocycles. The molecule has 2 aromatic heterocycles. The Balaban J connectivity index is 1.37. The normalized spacial score (nSPS) is 24.1. The summed E-state index contributed by atoms with van der Waals surface area (Å²) in [5.74, 6) is 2.15. The lowest BCUT2D eigenvalue weighted by Gasteiger charge is -2.33. The van der Waals surface area contributed by atoms with Crippen molar-refractivity contribution in [1.29, 1.82) is 0 Å². The molecule has 3 heterocycles. The Bertz CT molecular complexity index is 739. The number of amides is 1. The number of carbonyl (C=O) groups excluding carboxylic acids is 1. The number of pyridine rings is 1. The maximum atomic E-state index is 12.8. The van der Waals surface area contributed by atoms with Gasteiger partial charge in [0, 0.05) is 31.1 Å². The monoisotopic (exact) mass is 355 g/mol. The molecule has 1 amide bonds. The van der Waals surface area contributed by atoms with Crippen LogP contribution in [-0.2, 0) is 4.79 Å². The van der Waals surface area contributed by atoms with Crippen molar-refractivity contribution >= 4 is 5.91 Å². The van der Waals surface area contributed by atoms with E-state index in [2.05, 4.69) is 15.1 Å². The Hall–Kier alpha value is -2.28. The average Bonchev–Trinajstić information content (AvgIpc) is 3.38. The second-order valence-electron chi connectivity index (χ2n) is 7.30. The molecule has 0 aromatic carbocycles. The maximum Gasteiger partial charge on any atom is 0.230 e. The van der Waals surface area contributed by atoms with E-state index in [0.717, 1.165) is 45.2 Å². The van der Waals surface area contributed by atoms with Gasteiger partial charge in [-0.25, -0.2) is 0 Å². The third-order valence-corrected chi connectivity index (χ3v) is 5.77. The van der Waals surface area contributed by atoms with E-state index in [9.17, 15) is 4.79 Å². The Kier molecular flexibility index (Phi) is 4.97. The molecular weight excluding hydrogens is 330 g/mol. The smallest absolute Gasteiger partial charge is 0.230 e. The quantitative estimate of drug-likeness (QED) is 0.903. The van der Waals surface area contributed by atoms with Gasteiger partial charge in [-0.3, -0.25) is 9.78 Å². The Labute approximate surface area is 153 Å². The molecule has 2 fully saturated rings. The van der Waals surface area contributed by atoms with Gasteiger partial charge in [-0.1, -0.05) is 17.6 Å². The van der Waals surface area contributed by atoms with E-state index in [4.69, 9.17) is 10.3 Å². The predicted molar refractivity (Wildman–Crippen MR) is 96.0 cm³/mol. The second-order valence-corrected chi connectivity index (χ2v) is 7.30. The third kappa shape index (κ3) is 3.35. The number of nitrogens with zero attached hydrogens (tertiary/aromatic N) is 4. The van der Waals surface area contributed by atoms with Gasteiger partial charge >= 0.3 is 0 Å².